The van der Waals surface area contributed by atoms with Crippen molar-refractivity contribution in [1.82, 2.24) is 4.72 Å². The second-order valence-electron chi connectivity index (χ2n) is 7.17. The molecule has 2 rings (SSSR count). The van der Waals surface area contributed by atoms with Crippen molar-refractivity contribution in [2.75, 3.05) is 7.11 Å². The van der Waals surface area contributed by atoms with Crippen LogP contribution in [0.1, 0.15) is 30.5 Å². The Morgan fingerprint density at radius 2 is 1.79 bits per heavy atom. The highest BCUT2D eigenvalue weighted by molar-refractivity contribution is 7.89. The van der Waals surface area contributed by atoms with Crippen LogP contribution in [0.15, 0.2) is 41.3 Å². The third-order valence-electron chi connectivity index (χ3n) is 4.59. The van der Waals surface area contributed by atoms with Crippen LogP contribution in [-0.4, -0.2) is 27.5 Å². The summed E-state index contributed by atoms with van der Waals surface area (Å²) in [6.45, 7) is 6.93. The van der Waals surface area contributed by atoms with E-state index >= 15 is 0 Å². The lowest BCUT2D eigenvalue weighted by atomic mass is 10.1. The van der Waals surface area contributed by atoms with Crippen molar-refractivity contribution >= 4 is 16.0 Å². The van der Waals surface area contributed by atoms with Gasteiger partial charge in [-0.15, -0.1) is 0 Å². The number of esters is 1. The zero-order valence-corrected chi connectivity index (χ0v) is 18.0. The Morgan fingerprint density at radius 3 is 2.34 bits per heavy atom. The molecule has 0 aromatic heterocycles. The predicted molar refractivity (Wildman–Crippen MR) is 108 cm³/mol. The lowest BCUT2D eigenvalue weighted by molar-refractivity contribution is -0.148. The highest BCUT2D eigenvalue weighted by Crippen LogP contribution is 2.19. The van der Waals surface area contributed by atoms with E-state index in [1.54, 1.807) is 32.0 Å². The Bertz CT molecular complexity index is 989. The quantitative estimate of drug-likeness (QED) is 0.657. The van der Waals surface area contributed by atoms with Crippen LogP contribution in [0.25, 0.3) is 0 Å². The molecular formula is C21H26FNO5S. The number of benzene rings is 2. The van der Waals surface area contributed by atoms with E-state index in [9.17, 15) is 17.6 Å². The van der Waals surface area contributed by atoms with Crippen molar-refractivity contribution in [3.63, 3.8) is 0 Å². The number of halogens is 1. The maximum absolute atomic E-state index is 13.8. The van der Waals surface area contributed by atoms with Gasteiger partial charge < -0.3 is 9.47 Å². The van der Waals surface area contributed by atoms with Crippen LogP contribution in [0, 0.1) is 25.6 Å². The number of rotatable bonds is 8. The number of methoxy groups -OCH3 is 1. The Labute approximate surface area is 171 Å². The molecule has 0 saturated carbocycles. The van der Waals surface area contributed by atoms with Crippen LogP contribution in [0.2, 0.25) is 0 Å². The van der Waals surface area contributed by atoms with Gasteiger partial charge in [0.05, 0.1) is 12.0 Å². The fourth-order valence-electron chi connectivity index (χ4n) is 2.62. The largest absolute Gasteiger partial charge is 0.494 e. The van der Waals surface area contributed by atoms with Crippen molar-refractivity contribution in [2.45, 2.75) is 45.2 Å². The summed E-state index contributed by atoms with van der Waals surface area (Å²) in [6.07, 6.45) is 0. The van der Waals surface area contributed by atoms with Gasteiger partial charge in [0.25, 0.3) is 0 Å². The summed E-state index contributed by atoms with van der Waals surface area (Å²) in [5, 5.41) is 0. The van der Waals surface area contributed by atoms with E-state index < -0.39 is 27.9 Å². The molecule has 158 valence electrons. The normalized spacial score (nSPS) is 12.7. The number of hydrogen-bond donors (Lipinski definition) is 1. The molecule has 0 radical (unpaired) electrons. The summed E-state index contributed by atoms with van der Waals surface area (Å²) in [7, 11) is -2.56. The molecule has 6 nitrogen and oxygen atoms in total. The van der Waals surface area contributed by atoms with Gasteiger partial charge in [0, 0.05) is 0 Å². The molecule has 0 spiro atoms. The summed E-state index contributed by atoms with van der Waals surface area (Å²) in [5.41, 5.74) is 2.23. The second-order valence-corrected chi connectivity index (χ2v) is 8.88. The van der Waals surface area contributed by atoms with Gasteiger partial charge in [0.1, 0.15) is 12.6 Å². The van der Waals surface area contributed by atoms with Gasteiger partial charge in [-0.3, -0.25) is 4.79 Å². The van der Waals surface area contributed by atoms with Crippen LogP contribution >= 0.6 is 0 Å². The minimum absolute atomic E-state index is 0.0799. The maximum Gasteiger partial charge on any atom is 0.324 e. The minimum Gasteiger partial charge on any atom is -0.494 e. The second kappa shape index (κ2) is 9.37. The van der Waals surface area contributed by atoms with Gasteiger partial charge >= 0.3 is 5.97 Å². The third kappa shape index (κ3) is 5.77. The van der Waals surface area contributed by atoms with Gasteiger partial charge in [-0.05, 0) is 60.7 Å². The minimum atomic E-state index is -3.91. The summed E-state index contributed by atoms with van der Waals surface area (Å²) in [6, 6.07) is 7.89. The van der Waals surface area contributed by atoms with Gasteiger partial charge in [-0.2, -0.15) is 4.72 Å². The monoisotopic (exact) mass is 423 g/mol. The van der Waals surface area contributed by atoms with Crippen LogP contribution < -0.4 is 9.46 Å². The molecule has 1 N–H and O–H groups in total. The highest BCUT2D eigenvalue weighted by atomic mass is 32.2. The number of carbonyl (C=O) groups is 1. The average Bonchev–Trinajstić information content (AvgIpc) is 2.66. The van der Waals surface area contributed by atoms with E-state index in [2.05, 4.69) is 4.72 Å². The van der Waals surface area contributed by atoms with Crippen molar-refractivity contribution in [2.24, 2.45) is 5.92 Å². The highest BCUT2D eigenvalue weighted by Gasteiger charge is 2.30. The molecule has 0 heterocycles. The zero-order valence-electron chi connectivity index (χ0n) is 17.2. The first-order chi connectivity index (χ1) is 13.5. The van der Waals surface area contributed by atoms with Crippen molar-refractivity contribution in [3.8, 4) is 5.75 Å². The smallest absolute Gasteiger partial charge is 0.324 e. The number of carbonyl (C=O) groups excluding carboxylic acids is 1. The van der Waals surface area contributed by atoms with E-state index in [1.807, 2.05) is 13.8 Å². The molecule has 0 bridgehead atoms. The average molecular weight is 424 g/mol. The van der Waals surface area contributed by atoms with Crippen molar-refractivity contribution < 1.29 is 27.1 Å². The molecule has 29 heavy (non-hydrogen) atoms. The molecule has 1 atom stereocenters. The van der Waals surface area contributed by atoms with E-state index in [-0.39, 0.29) is 23.2 Å². The Balaban J connectivity index is 2.12. The maximum atomic E-state index is 13.8. The molecule has 2 aromatic carbocycles. The summed E-state index contributed by atoms with van der Waals surface area (Å²) >= 11 is 0. The fraction of sp³-hybridized carbons (Fsp3) is 0.381. The van der Waals surface area contributed by atoms with Gasteiger partial charge in [-0.1, -0.05) is 26.0 Å². The first-order valence-corrected chi connectivity index (χ1v) is 10.6. The molecule has 0 fully saturated rings. The number of nitrogens with one attached hydrogen (secondary N) is 1. The number of sulfonamides is 1. The molecule has 0 amide bonds. The van der Waals surface area contributed by atoms with Gasteiger partial charge in [0.2, 0.25) is 10.0 Å². The number of hydrogen-bond acceptors (Lipinski definition) is 5. The SMILES string of the molecule is COc1ccc(COC(=O)[C@H](NS(=O)(=O)c2ccc(C)c(C)c2)C(C)C)cc1F. The lowest BCUT2D eigenvalue weighted by Gasteiger charge is -2.21. The van der Waals surface area contributed by atoms with E-state index in [0.717, 1.165) is 11.1 Å². The van der Waals surface area contributed by atoms with Gasteiger partial charge in [-0.25, -0.2) is 12.8 Å². The Hall–Kier alpha value is -2.45. The van der Waals surface area contributed by atoms with Crippen LogP contribution in [0.5, 0.6) is 5.75 Å². The summed E-state index contributed by atoms with van der Waals surface area (Å²) < 4.78 is 51.7. The van der Waals surface area contributed by atoms with Crippen LogP contribution in [0.4, 0.5) is 4.39 Å². The van der Waals surface area contributed by atoms with E-state index in [0.29, 0.717) is 5.56 Å². The van der Waals surface area contributed by atoms with E-state index in [1.165, 1.54) is 25.3 Å². The number of ether oxygens (including phenoxy) is 2. The standard InChI is InChI=1S/C21H26FNO5S/c1-13(2)20(23-29(25,26)17-8-6-14(3)15(4)10-17)21(24)28-12-16-7-9-19(27-5)18(22)11-16/h6-11,13,20,23H,12H2,1-5H3/t20-/m1/s1. The van der Waals surface area contributed by atoms with E-state index in [4.69, 9.17) is 9.47 Å². The number of aryl methyl sites for hydroxylation is 2. The topological polar surface area (TPSA) is 81.7 Å². The molecule has 0 saturated heterocycles. The summed E-state index contributed by atoms with van der Waals surface area (Å²) in [5.74, 6) is -1.57. The molecule has 0 unspecified atom stereocenters. The van der Waals surface area contributed by atoms with Gasteiger partial charge in [0.15, 0.2) is 11.6 Å². The summed E-state index contributed by atoms with van der Waals surface area (Å²) in [4.78, 5) is 12.6. The first kappa shape index (κ1) is 22.8. The Morgan fingerprint density at radius 1 is 1.10 bits per heavy atom. The van der Waals surface area contributed by atoms with Crippen molar-refractivity contribution in [3.05, 3.63) is 58.9 Å². The first-order valence-electron chi connectivity index (χ1n) is 9.13. The molecular weight excluding hydrogens is 397 g/mol. The van der Waals surface area contributed by atoms with Crippen molar-refractivity contribution in [1.29, 1.82) is 0 Å². The molecule has 2 aromatic rings. The predicted octanol–water partition coefficient (Wildman–Crippen LogP) is 3.50. The molecule has 8 heteroatoms. The molecule has 0 aliphatic heterocycles. The Kier molecular flexibility index (Phi) is 7.37. The zero-order chi connectivity index (χ0) is 21.8. The third-order valence-corrected chi connectivity index (χ3v) is 6.03. The molecule has 0 aliphatic carbocycles. The van der Waals surface area contributed by atoms with Crippen LogP contribution in [-0.2, 0) is 26.2 Å². The lowest BCUT2D eigenvalue weighted by Crippen LogP contribution is -2.45. The fourth-order valence-corrected chi connectivity index (χ4v) is 4.03. The van der Waals surface area contributed by atoms with Crippen LogP contribution in [0.3, 0.4) is 0 Å². The molecule has 0 aliphatic rings.